The molecule has 0 spiro atoms. The third-order valence-electron chi connectivity index (χ3n) is 7.43. The van der Waals surface area contributed by atoms with Crippen molar-refractivity contribution in [2.45, 2.75) is 71.6 Å². The van der Waals surface area contributed by atoms with Crippen LogP contribution in [0.5, 0.6) is 0 Å². The van der Waals surface area contributed by atoms with Crippen LogP contribution in [0.4, 0.5) is 0 Å². The Morgan fingerprint density at radius 2 is 2.10 bits per heavy atom. The molecule has 1 N–H and O–H groups in total. The van der Waals surface area contributed by atoms with Crippen LogP contribution in [0.3, 0.4) is 0 Å². The molecule has 0 amide bonds. The number of hydrogen-bond donors (Lipinski definition) is 1. The van der Waals surface area contributed by atoms with Gasteiger partial charge in [0.2, 0.25) is 0 Å². The van der Waals surface area contributed by atoms with Gasteiger partial charge in [-0.05, 0) is 80.0 Å². The molecule has 2 nitrogen and oxygen atoms in total. The van der Waals surface area contributed by atoms with Gasteiger partial charge >= 0.3 is 0 Å². The van der Waals surface area contributed by atoms with Crippen LogP contribution < -0.4 is 0 Å². The van der Waals surface area contributed by atoms with Gasteiger partial charge in [-0.15, -0.1) is 0 Å². The molecule has 0 aromatic rings. The van der Waals surface area contributed by atoms with Gasteiger partial charge in [-0.3, -0.25) is 0 Å². The summed E-state index contributed by atoms with van der Waals surface area (Å²) in [5.74, 6) is 4.04. The predicted octanol–water partition coefficient (Wildman–Crippen LogP) is 4.86. The van der Waals surface area contributed by atoms with E-state index < -0.39 is 0 Å². The third kappa shape index (κ3) is 2.59. The molecule has 0 aromatic carbocycles. The summed E-state index contributed by atoms with van der Waals surface area (Å²) in [6.45, 7) is 4.95. The summed E-state index contributed by atoms with van der Waals surface area (Å²) in [4.78, 5) is 10.8. The molecular weight excluding hydrogens is 258 g/mol. The van der Waals surface area contributed by atoms with Crippen LogP contribution in [0.2, 0.25) is 0 Å². The molecule has 3 fully saturated rings. The molecular formula is C19H31NO. The summed E-state index contributed by atoms with van der Waals surface area (Å²) in [7, 11) is 0. The minimum absolute atomic E-state index is 0.479. The first kappa shape index (κ1) is 15.2. The van der Waals surface area contributed by atoms with Crippen LogP contribution in [0, 0.1) is 40.4 Å². The zero-order valence-corrected chi connectivity index (χ0v) is 13.7. The second-order valence-corrected chi connectivity index (χ2v) is 8.32. The SMILES string of the molecule is C[C@@H]1CCC2C(CCC3CC(=N)CC[C@@]32C)C1CCC=O. The highest BCUT2D eigenvalue weighted by Gasteiger charge is 2.53. The van der Waals surface area contributed by atoms with Crippen molar-refractivity contribution in [2.24, 2.45) is 35.0 Å². The predicted molar refractivity (Wildman–Crippen MR) is 86.6 cm³/mol. The highest BCUT2D eigenvalue weighted by molar-refractivity contribution is 5.82. The number of rotatable bonds is 3. The second-order valence-electron chi connectivity index (χ2n) is 8.32. The van der Waals surface area contributed by atoms with Crippen molar-refractivity contribution >= 4 is 12.0 Å². The Kier molecular flexibility index (Phi) is 4.25. The van der Waals surface area contributed by atoms with Gasteiger partial charge in [-0.25, -0.2) is 0 Å². The number of fused-ring (bicyclic) bond motifs is 3. The number of nitrogens with one attached hydrogen (secondary N) is 1. The summed E-state index contributed by atoms with van der Waals surface area (Å²) < 4.78 is 0. The number of carbonyl (C=O) groups is 1. The molecule has 3 aliphatic carbocycles. The maximum atomic E-state index is 10.8. The summed E-state index contributed by atoms with van der Waals surface area (Å²) >= 11 is 0. The Bertz CT molecular complexity index is 418. The van der Waals surface area contributed by atoms with Crippen molar-refractivity contribution in [3.05, 3.63) is 0 Å². The quantitative estimate of drug-likeness (QED) is 0.740. The van der Waals surface area contributed by atoms with E-state index in [2.05, 4.69) is 13.8 Å². The van der Waals surface area contributed by atoms with Crippen LogP contribution in [0.15, 0.2) is 0 Å². The lowest BCUT2D eigenvalue weighted by molar-refractivity contribution is -0.109. The first-order chi connectivity index (χ1) is 10.1. The van der Waals surface area contributed by atoms with Gasteiger partial charge in [-0.2, -0.15) is 0 Å². The highest BCUT2D eigenvalue weighted by atomic mass is 16.1. The molecule has 3 saturated carbocycles. The van der Waals surface area contributed by atoms with E-state index in [9.17, 15) is 4.79 Å². The highest BCUT2D eigenvalue weighted by Crippen LogP contribution is 2.60. The fraction of sp³-hybridized carbons (Fsp3) is 0.895. The van der Waals surface area contributed by atoms with Crippen LogP contribution in [0.25, 0.3) is 0 Å². The van der Waals surface area contributed by atoms with E-state index in [1.807, 2.05) is 0 Å². The molecule has 0 aliphatic heterocycles. The lowest BCUT2D eigenvalue weighted by Crippen LogP contribution is -2.51. The lowest BCUT2D eigenvalue weighted by atomic mass is 9.46. The topological polar surface area (TPSA) is 40.9 Å². The number of carbonyl (C=O) groups excluding carboxylic acids is 1. The normalized spacial score (nSPS) is 46.6. The van der Waals surface area contributed by atoms with Crippen molar-refractivity contribution < 1.29 is 4.79 Å². The molecule has 0 radical (unpaired) electrons. The summed E-state index contributed by atoms with van der Waals surface area (Å²) in [6.07, 6.45) is 11.7. The van der Waals surface area contributed by atoms with Gasteiger partial charge < -0.3 is 10.2 Å². The molecule has 2 heteroatoms. The Labute approximate surface area is 129 Å². The lowest BCUT2D eigenvalue weighted by Gasteiger charge is -2.58. The number of hydrogen-bond acceptors (Lipinski definition) is 2. The van der Waals surface area contributed by atoms with Gasteiger partial charge in [0.15, 0.2) is 0 Å². The summed E-state index contributed by atoms with van der Waals surface area (Å²) in [5, 5.41) is 8.05. The molecule has 0 bridgehead atoms. The minimum Gasteiger partial charge on any atom is -0.310 e. The zero-order chi connectivity index (χ0) is 15.0. The monoisotopic (exact) mass is 289 g/mol. The molecule has 21 heavy (non-hydrogen) atoms. The maximum absolute atomic E-state index is 10.8. The third-order valence-corrected chi connectivity index (χ3v) is 7.43. The average Bonchev–Trinajstić information content (AvgIpc) is 2.47. The minimum atomic E-state index is 0.479. The van der Waals surface area contributed by atoms with Crippen LogP contribution in [0.1, 0.15) is 71.6 Å². The fourth-order valence-corrected chi connectivity index (χ4v) is 6.15. The van der Waals surface area contributed by atoms with Crippen molar-refractivity contribution in [1.82, 2.24) is 0 Å². The van der Waals surface area contributed by atoms with Gasteiger partial charge in [-0.1, -0.05) is 20.3 Å². The van der Waals surface area contributed by atoms with E-state index in [4.69, 9.17) is 5.41 Å². The first-order valence-corrected chi connectivity index (χ1v) is 9.06. The average molecular weight is 289 g/mol. The van der Waals surface area contributed by atoms with E-state index >= 15 is 0 Å². The zero-order valence-electron chi connectivity index (χ0n) is 13.7. The van der Waals surface area contributed by atoms with Gasteiger partial charge in [0.05, 0.1) is 0 Å². The van der Waals surface area contributed by atoms with Crippen molar-refractivity contribution in [3.63, 3.8) is 0 Å². The van der Waals surface area contributed by atoms with Crippen molar-refractivity contribution in [3.8, 4) is 0 Å². The van der Waals surface area contributed by atoms with Gasteiger partial charge in [0, 0.05) is 12.1 Å². The Hall–Kier alpha value is -0.660. The van der Waals surface area contributed by atoms with Gasteiger partial charge in [0.25, 0.3) is 0 Å². The smallest absolute Gasteiger partial charge is 0.120 e. The van der Waals surface area contributed by atoms with Crippen molar-refractivity contribution in [2.75, 3.05) is 0 Å². The van der Waals surface area contributed by atoms with E-state index in [-0.39, 0.29) is 0 Å². The summed E-state index contributed by atoms with van der Waals surface area (Å²) in [5.41, 5.74) is 1.48. The molecule has 3 aliphatic rings. The standard InChI is InChI=1S/C19H31NO/c1-13-5-8-18-17(16(13)4-3-11-21)7-6-14-12-15(20)9-10-19(14,18)2/h11,13-14,16-18,20H,3-10,12H2,1-2H3/t13-,14?,16?,17?,18?,19+/m1/s1. The Morgan fingerprint density at radius 1 is 1.29 bits per heavy atom. The first-order valence-electron chi connectivity index (χ1n) is 9.06. The maximum Gasteiger partial charge on any atom is 0.120 e. The Morgan fingerprint density at radius 3 is 2.86 bits per heavy atom. The van der Waals surface area contributed by atoms with Crippen LogP contribution in [-0.2, 0) is 4.79 Å². The molecule has 4 unspecified atom stereocenters. The number of aldehydes is 1. The van der Waals surface area contributed by atoms with E-state index in [0.717, 1.165) is 67.3 Å². The molecule has 118 valence electrons. The fourth-order valence-electron chi connectivity index (χ4n) is 6.15. The Balaban J connectivity index is 1.81. The van der Waals surface area contributed by atoms with E-state index in [1.165, 1.54) is 32.1 Å². The second kappa shape index (κ2) is 5.85. The molecule has 3 rings (SSSR count). The van der Waals surface area contributed by atoms with E-state index in [1.54, 1.807) is 0 Å². The molecule has 0 aromatic heterocycles. The molecule has 0 saturated heterocycles. The molecule has 6 atom stereocenters. The molecule has 0 heterocycles. The van der Waals surface area contributed by atoms with Crippen LogP contribution >= 0.6 is 0 Å². The van der Waals surface area contributed by atoms with E-state index in [0.29, 0.717) is 5.41 Å². The van der Waals surface area contributed by atoms with Gasteiger partial charge in [0.1, 0.15) is 6.29 Å². The van der Waals surface area contributed by atoms with Crippen molar-refractivity contribution in [1.29, 1.82) is 5.41 Å². The largest absolute Gasteiger partial charge is 0.310 e. The van der Waals surface area contributed by atoms with Crippen LogP contribution in [-0.4, -0.2) is 12.0 Å². The summed E-state index contributed by atoms with van der Waals surface area (Å²) in [6, 6.07) is 0.